The van der Waals surface area contributed by atoms with Crippen LogP contribution < -0.4 is 5.32 Å². The Labute approximate surface area is 131 Å². The zero-order valence-electron chi connectivity index (χ0n) is 13.8. The highest BCUT2D eigenvalue weighted by atomic mass is 16.3. The molecule has 0 aromatic carbocycles. The average Bonchev–Trinajstić information content (AvgIpc) is 2.82. The van der Waals surface area contributed by atoms with Gasteiger partial charge in [0.2, 0.25) is 0 Å². The van der Waals surface area contributed by atoms with Crippen LogP contribution in [0.15, 0.2) is 6.20 Å². The van der Waals surface area contributed by atoms with E-state index in [2.05, 4.69) is 36.2 Å². The number of rotatable bonds is 2. The van der Waals surface area contributed by atoms with Crippen LogP contribution in [-0.2, 0) is 12.5 Å². The summed E-state index contributed by atoms with van der Waals surface area (Å²) in [5, 5.41) is 18.9. The van der Waals surface area contributed by atoms with Gasteiger partial charge in [0, 0.05) is 12.5 Å². The Kier molecular flexibility index (Phi) is 3.80. The van der Waals surface area contributed by atoms with E-state index in [1.54, 1.807) is 10.9 Å². The fraction of sp³-hybridized carbons (Fsp3) is 0.688. The predicted molar refractivity (Wildman–Crippen MR) is 86.9 cm³/mol. The standard InChI is InChI=1S/C16H25N5O/c1-16(2,3)15-19-13(10-9-17-21(4)14(10)20-15)18-11-7-5-6-8-12(11)22/h9,11-12,22H,5-8H2,1-4H3,(H,18,19,20)/t11-,12-/m0/s1. The molecule has 1 fully saturated rings. The maximum absolute atomic E-state index is 10.2. The minimum atomic E-state index is -0.312. The van der Waals surface area contributed by atoms with Gasteiger partial charge >= 0.3 is 0 Å². The molecule has 1 aliphatic carbocycles. The van der Waals surface area contributed by atoms with E-state index in [1.807, 2.05) is 7.05 Å². The number of hydrogen-bond acceptors (Lipinski definition) is 5. The number of fused-ring (bicyclic) bond motifs is 1. The molecule has 6 heteroatoms. The molecule has 22 heavy (non-hydrogen) atoms. The molecule has 1 saturated carbocycles. The molecule has 0 amide bonds. The molecule has 2 N–H and O–H groups in total. The number of aliphatic hydroxyl groups is 1. The minimum Gasteiger partial charge on any atom is -0.391 e. The Bertz CT molecular complexity index is 673. The van der Waals surface area contributed by atoms with Crippen LogP contribution in [0, 0.1) is 0 Å². The van der Waals surface area contributed by atoms with Crippen molar-refractivity contribution in [3.05, 3.63) is 12.0 Å². The Morgan fingerprint density at radius 2 is 1.95 bits per heavy atom. The van der Waals surface area contributed by atoms with Crippen molar-refractivity contribution >= 4 is 16.9 Å². The lowest BCUT2D eigenvalue weighted by Crippen LogP contribution is -2.36. The molecule has 2 aromatic rings. The Hall–Kier alpha value is -1.69. The topological polar surface area (TPSA) is 75.9 Å². The molecular weight excluding hydrogens is 278 g/mol. The summed E-state index contributed by atoms with van der Waals surface area (Å²) in [5.41, 5.74) is 0.688. The monoisotopic (exact) mass is 303 g/mol. The van der Waals surface area contributed by atoms with E-state index in [1.165, 1.54) is 0 Å². The number of nitrogens with one attached hydrogen (secondary N) is 1. The Morgan fingerprint density at radius 1 is 1.23 bits per heavy atom. The lowest BCUT2D eigenvalue weighted by Gasteiger charge is -2.29. The third-order valence-electron chi connectivity index (χ3n) is 4.31. The second-order valence-corrected chi connectivity index (χ2v) is 7.25. The summed E-state index contributed by atoms with van der Waals surface area (Å²) in [4.78, 5) is 9.39. The normalized spacial score (nSPS) is 23.0. The average molecular weight is 303 g/mol. The number of aryl methyl sites for hydroxylation is 1. The molecule has 0 spiro atoms. The zero-order chi connectivity index (χ0) is 15.9. The minimum absolute atomic E-state index is 0.0554. The highest BCUT2D eigenvalue weighted by Gasteiger charge is 2.26. The second-order valence-electron chi connectivity index (χ2n) is 7.25. The van der Waals surface area contributed by atoms with Gasteiger partial charge in [-0.05, 0) is 12.8 Å². The van der Waals surface area contributed by atoms with Crippen LogP contribution in [0.2, 0.25) is 0 Å². The van der Waals surface area contributed by atoms with Gasteiger partial charge in [0.25, 0.3) is 0 Å². The molecule has 1 aliphatic rings. The maximum atomic E-state index is 10.2. The van der Waals surface area contributed by atoms with E-state index in [4.69, 9.17) is 4.98 Å². The van der Waals surface area contributed by atoms with Crippen molar-refractivity contribution in [3.63, 3.8) is 0 Å². The van der Waals surface area contributed by atoms with Crippen molar-refractivity contribution in [2.45, 2.75) is 64.0 Å². The third-order valence-corrected chi connectivity index (χ3v) is 4.31. The van der Waals surface area contributed by atoms with Crippen LogP contribution in [-0.4, -0.2) is 37.0 Å². The summed E-state index contributed by atoms with van der Waals surface area (Å²) in [6.45, 7) is 6.30. The largest absolute Gasteiger partial charge is 0.391 e. The SMILES string of the molecule is Cn1ncc2c(N[C@H]3CCCC[C@@H]3O)nc(C(C)(C)C)nc21. The smallest absolute Gasteiger partial charge is 0.163 e. The molecule has 0 bridgehead atoms. The Balaban J connectivity index is 2.03. The maximum Gasteiger partial charge on any atom is 0.163 e. The van der Waals surface area contributed by atoms with Crippen molar-refractivity contribution < 1.29 is 5.11 Å². The highest BCUT2D eigenvalue weighted by molar-refractivity contribution is 5.86. The van der Waals surface area contributed by atoms with Gasteiger partial charge in [-0.15, -0.1) is 0 Å². The van der Waals surface area contributed by atoms with Gasteiger partial charge in [0.15, 0.2) is 5.65 Å². The number of hydrogen-bond donors (Lipinski definition) is 2. The van der Waals surface area contributed by atoms with Crippen molar-refractivity contribution in [1.82, 2.24) is 19.7 Å². The van der Waals surface area contributed by atoms with Gasteiger partial charge in [0.05, 0.1) is 23.7 Å². The highest BCUT2D eigenvalue weighted by Crippen LogP contribution is 2.28. The van der Waals surface area contributed by atoms with Crippen LogP contribution in [0.25, 0.3) is 11.0 Å². The number of aromatic nitrogens is 4. The predicted octanol–water partition coefficient (Wildman–Crippen LogP) is 2.38. The first-order valence-electron chi connectivity index (χ1n) is 8.01. The van der Waals surface area contributed by atoms with E-state index >= 15 is 0 Å². The first-order chi connectivity index (χ1) is 10.4. The summed E-state index contributed by atoms with van der Waals surface area (Å²) in [7, 11) is 1.89. The molecule has 0 saturated heterocycles. The third kappa shape index (κ3) is 2.79. The molecule has 0 aliphatic heterocycles. The fourth-order valence-corrected chi connectivity index (χ4v) is 2.92. The summed E-state index contributed by atoms with van der Waals surface area (Å²) in [6.07, 6.45) is 5.54. The molecule has 3 rings (SSSR count). The van der Waals surface area contributed by atoms with E-state index < -0.39 is 0 Å². The van der Waals surface area contributed by atoms with Gasteiger partial charge in [-0.25, -0.2) is 9.97 Å². The molecule has 0 radical (unpaired) electrons. The van der Waals surface area contributed by atoms with E-state index in [9.17, 15) is 5.11 Å². The summed E-state index contributed by atoms with van der Waals surface area (Å²) < 4.78 is 1.77. The van der Waals surface area contributed by atoms with Crippen LogP contribution in [0.4, 0.5) is 5.82 Å². The summed E-state index contributed by atoms with van der Waals surface area (Å²) >= 11 is 0. The number of anilines is 1. The molecule has 2 aromatic heterocycles. The molecule has 120 valence electrons. The first-order valence-corrected chi connectivity index (χ1v) is 8.01. The number of aliphatic hydroxyl groups excluding tert-OH is 1. The van der Waals surface area contributed by atoms with E-state index in [0.717, 1.165) is 48.4 Å². The van der Waals surface area contributed by atoms with Crippen molar-refractivity contribution in [3.8, 4) is 0 Å². The second kappa shape index (κ2) is 5.50. The van der Waals surface area contributed by atoms with Gasteiger partial charge in [-0.3, -0.25) is 4.68 Å². The van der Waals surface area contributed by atoms with Crippen LogP contribution in [0.1, 0.15) is 52.3 Å². The quantitative estimate of drug-likeness (QED) is 0.891. The first kappa shape index (κ1) is 15.2. The zero-order valence-corrected chi connectivity index (χ0v) is 13.8. The summed E-state index contributed by atoms with van der Waals surface area (Å²) in [6, 6.07) is 0.0554. The van der Waals surface area contributed by atoms with Crippen LogP contribution >= 0.6 is 0 Å². The lowest BCUT2D eigenvalue weighted by molar-refractivity contribution is 0.116. The van der Waals surface area contributed by atoms with Gasteiger partial charge in [-0.2, -0.15) is 5.10 Å². The van der Waals surface area contributed by atoms with E-state index in [-0.39, 0.29) is 17.6 Å². The van der Waals surface area contributed by atoms with Gasteiger partial charge in [-0.1, -0.05) is 33.6 Å². The molecule has 2 atom stereocenters. The van der Waals surface area contributed by atoms with Crippen molar-refractivity contribution in [2.24, 2.45) is 7.05 Å². The fourth-order valence-electron chi connectivity index (χ4n) is 2.92. The lowest BCUT2D eigenvalue weighted by atomic mass is 9.92. The molecular formula is C16H25N5O. The Morgan fingerprint density at radius 3 is 2.64 bits per heavy atom. The number of nitrogens with zero attached hydrogens (tertiary/aromatic N) is 4. The van der Waals surface area contributed by atoms with E-state index in [0.29, 0.717) is 0 Å². The molecule has 2 heterocycles. The van der Waals surface area contributed by atoms with Gasteiger partial charge in [0.1, 0.15) is 11.6 Å². The van der Waals surface area contributed by atoms with Crippen LogP contribution in [0.5, 0.6) is 0 Å². The van der Waals surface area contributed by atoms with Crippen molar-refractivity contribution in [1.29, 1.82) is 0 Å². The summed E-state index contributed by atoms with van der Waals surface area (Å²) in [5.74, 6) is 1.57. The van der Waals surface area contributed by atoms with Gasteiger partial charge < -0.3 is 10.4 Å². The molecule has 6 nitrogen and oxygen atoms in total. The van der Waals surface area contributed by atoms with Crippen LogP contribution in [0.3, 0.4) is 0 Å². The van der Waals surface area contributed by atoms with Crippen molar-refractivity contribution in [2.75, 3.05) is 5.32 Å². The molecule has 0 unspecified atom stereocenters.